The normalized spacial score (nSPS) is 17.0. The van der Waals surface area contributed by atoms with E-state index in [1.165, 1.54) is 19.3 Å². The second-order valence-corrected chi connectivity index (χ2v) is 7.18. The van der Waals surface area contributed by atoms with Gasteiger partial charge >= 0.3 is 0 Å². The highest BCUT2D eigenvalue weighted by Gasteiger charge is 2.15. The molecule has 2 N–H and O–H groups in total. The maximum Gasteiger partial charge on any atom is 0.277 e. The molecular weight excluding hydrogens is 372 g/mol. The molecular formula is C17H21ClN6OS. The SMILES string of the molecule is Cl.O=C(Nc1ccc2scnc2c1)c1cn(CCC2CCCCN2)nn1. The predicted octanol–water partition coefficient (Wildman–Crippen LogP) is 3.09. The summed E-state index contributed by atoms with van der Waals surface area (Å²) in [5.41, 5.74) is 3.72. The summed E-state index contributed by atoms with van der Waals surface area (Å²) < 4.78 is 2.84. The van der Waals surface area contributed by atoms with E-state index in [-0.39, 0.29) is 18.3 Å². The van der Waals surface area contributed by atoms with E-state index in [0.717, 1.165) is 29.7 Å². The predicted molar refractivity (Wildman–Crippen MR) is 105 cm³/mol. The number of anilines is 1. The van der Waals surface area contributed by atoms with Crippen LogP contribution in [0.3, 0.4) is 0 Å². The van der Waals surface area contributed by atoms with Gasteiger partial charge in [0.25, 0.3) is 5.91 Å². The minimum Gasteiger partial charge on any atom is -0.320 e. The fourth-order valence-electron chi connectivity index (χ4n) is 3.10. The summed E-state index contributed by atoms with van der Waals surface area (Å²) in [4.78, 5) is 16.6. The Morgan fingerprint density at radius 1 is 1.38 bits per heavy atom. The Hall–Kier alpha value is -2.03. The first-order chi connectivity index (χ1) is 12.3. The summed E-state index contributed by atoms with van der Waals surface area (Å²) in [6.07, 6.45) is 6.47. The Morgan fingerprint density at radius 3 is 3.15 bits per heavy atom. The fourth-order valence-corrected chi connectivity index (χ4v) is 3.76. The van der Waals surface area contributed by atoms with Crippen molar-refractivity contribution in [3.05, 3.63) is 35.6 Å². The minimum absolute atomic E-state index is 0. The van der Waals surface area contributed by atoms with E-state index in [1.54, 1.807) is 27.7 Å². The Balaban J connectivity index is 0.00000196. The van der Waals surface area contributed by atoms with Gasteiger partial charge in [-0.05, 0) is 44.0 Å². The zero-order valence-corrected chi connectivity index (χ0v) is 15.9. The molecule has 1 atom stereocenters. The van der Waals surface area contributed by atoms with E-state index in [9.17, 15) is 4.79 Å². The molecule has 4 rings (SSSR count). The highest BCUT2D eigenvalue weighted by Crippen LogP contribution is 2.21. The third-order valence-electron chi connectivity index (χ3n) is 4.48. The number of benzene rings is 1. The van der Waals surface area contributed by atoms with Crippen molar-refractivity contribution in [2.24, 2.45) is 0 Å². The standard InChI is InChI=1S/C17H20N6OS.ClH/c24-17(20-13-4-5-16-14(9-13)19-11-25-16)15-10-23(22-21-15)8-6-12-3-1-2-7-18-12;/h4-5,9-12,18H,1-3,6-8H2,(H,20,24);1H. The van der Waals surface area contributed by atoms with Crippen LogP contribution >= 0.6 is 23.7 Å². The largest absolute Gasteiger partial charge is 0.320 e. The first-order valence-electron chi connectivity index (χ1n) is 8.56. The molecule has 2 aromatic heterocycles. The lowest BCUT2D eigenvalue weighted by Gasteiger charge is -2.23. The van der Waals surface area contributed by atoms with Gasteiger partial charge in [0.2, 0.25) is 0 Å². The maximum absolute atomic E-state index is 12.4. The molecule has 3 heterocycles. The van der Waals surface area contributed by atoms with Gasteiger partial charge < -0.3 is 10.6 Å². The summed E-state index contributed by atoms with van der Waals surface area (Å²) in [7, 11) is 0. The zero-order chi connectivity index (χ0) is 17.1. The van der Waals surface area contributed by atoms with Gasteiger partial charge in [0.05, 0.1) is 21.9 Å². The van der Waals surface area contributed by atoms with Crippen molar-refractivity contribution < 1.29 is 4.79 Å². The van der Waals surface area contributed by atoms with Crippen LogP contribution in [-0.2, 0) is 6.54 Å². The second kappa shape index (κ2) is 8.57. The lowest BCUT2D eigenvalue weighted by Crippen LogP contribution is -2.34. The average molecular weight is 393 g/mol. The van der Waals surface area contributed by atoms with Gasteiger partial charge in [-0.1, -0.05) is 11.6 Å². The quantitative estimate of drug-likeness (QED) is 0.696. The fraction of sp³-hybridized carbons (Fsp3) is 0.412. The number of nitrogens with zero attached hydrogens (tertiary/aromatic N) is 4. The van der Waals surface area contributed by atoms with E-state index in [1.807, 2.05) is 18.2 Å². The minimum atomic E-state index is -0.253. The van der Waals surface area contributed by atoms with Crippen LogP contribution in [-0.4, -0.2) is 38.5 Å². The van der Waals surface area contributed by atoms with Crippen LogP contribution in [0, 0.1) is 0 Å². The number of aryl methyl sites for hydroxylation is 1. The van der Waals surface area contributed by atoms with Gasteiger partial charge in [-0.25, -0.2) is 4.98 Å². The van der Waals surface area contributed by atoms with E-state index >= 15 is 0 Å². The molecule has 26 heavy (non-hydrogen) atoms. The Bertz CT molecular complexity index is 873. The monoisotopic (exact) mass is 392 g/mol. The van der Waals surface area contributed by atoms with E-state index in [0.29, 0.717) is 17.4 Å². The Morgan fingerprint density at radius 2 is 2.31 bits per heavy atom. The molecule has 1 saturated heterocycles. The van der Waals surface area contributed by atoms with Crippen LogP contribution in [0.5, 0.6) is 0 Å². The number of aromatic nitrogens is 4. The van der Waals surface area contributed by atoms with Crippen LogP contribution in [0.25, 0.3) is 10.2 Å². The van der Waals surface area contributed by atoms with Crippen LogP contribution in [0.1, 0.15) is 36.2 Å². The van der Waals surface area contributed by atoms with Crippen LogP contribution < -0.4 is 10.6 Å². The number of fused-ring (bicyclic) bond motifs is 1. The van der Waals surface area contributed by atoms with Crippen LogP contribution in [0.4, 0.5) is 5.69 Å². The first-order valence-corrected chi connectivity index (χ1v) is 9.44. The van der Waals surface area contributed by atoms with E-state index < -0.39 is 0 Å². The number of hydrogen-bond donors (Lipinski definition) is 2. The highest BCUT2D eigenvalue weighted by atomic mass is 35.5. The summed E-state index contributed by atoms with van der Waals surface area (Å²) in [5.74, 6) is -0.253. The molecule has 3 aromatic rings. The third kappa shape index (κ3) is 4.38. The molecule has 1 fully saturated rings. The number of thiazole rings is 1. The van der Waals surface area contributed by atoms with E-state index in [4.69, 9.17) is 0 Å². The van der Waals surface area contributed by atoms with Crippen molar-refractivity contribution in [3.63, 3.8) is 0 Å². The Kier molecular flexibility index (Phi) is 6.18. The van der Waals surface area contributed by atoms with Gasteiger partial charge in [0, 0.05) is 18.3 Å². The summed E-state index contributed by atoms with van der Waals surface area (Å²) in [5, 5.41) is 14.4. The summed E-state index contributed by atoms with van der Waals surface area (Å²) >= 11 is 1.58. The van der Waals surface area contributed by atoms with Crippen molar-refractivity contribution in [1.82, 2.24) is 25.3 Å². The van der Waals surface area contributed by atoms with Crippen molar-refractivity contribution in [3.8, 4) is 0 Å². The van der Waals surface area contributed by atoms with Gasteiger partial charge in [0.15, 0.2) is 5.69 Å². The number of amides is 1. The van der Waals surface area contributed by atoms with Crippen molar-refractivity contribution in [2.45, 2.75) is 38.3 Å². The summed E-state index contributed by atoms with van der Waals surface area (Å²) in [6, 6.07) is 6.23. The molecule has 1 aliphatic rings. The molecule has 0 spiro atoms. The molecule has 1 aromatic carbocycles. The number of piperidine rings is 1. The van der Waals surface area contributed by atoms with Gasteiger partial charge in [-0.3, -0.25) is 9.48 Å². The smallest absolute Gasteiger partial charge is 0.277 e. The molecule has 0 saturated carbocycles. The highest BCUT2D eigenvalue weighted by molar-refractivity contribution is 7.16. The first kappa shape index (κ1) is 18.8. The van der Waals surface area contributed by atoms with Crippen LogP contribution in [0.2, 0.25) is 0 Å². The number of halogens is 1. The number of nitrogens with one attached hydrogen (secondary N) is 2. The molecule has 1 amide bonds. The number of hydrogen-bond acceptors (Lipinski definition) is 6. The third-order valence-corrected chi connectivity index (χ3v) is 5.29. The number of carbonyl (C=O) groups excluding carboxylic acids is 1. The van der Waals surface area contributed by atoms with Gasteiger partial charge in [-0.2, -0.15) is 0 Å². The molecule has 0 bridgehead atoms. The number of carbonyl (C=O) groups is 1. The molecule has 9 heteroatoms. The molecule has 7 nitrogen and oxygen atoms in total. The Labute approximate surface area is 161 Å². The van der Waals surface area contributed by atoms with Crippen molar-refractivity contribution >= 4 is 45.6 Å². The zero-order valence-electron chi connectivity index (χ0n) is 14.2. The maximum atomic E-state index is 12.4. The van der Waals surface area contributed by atoms with Gasteiger partial charge in [-0.15, -0.1) is 28.8 Å². The van der Waals surface area contributed by atoms with Gasteiger partial charge in [0.1, 0.15) is 0 Å². The van der Waals surface area contributed by atoms with E-state index in [2.05, 4.69) is 25.9 Å². The molecule has 138 valence electrons. The van der Waals surface area contributed by atoms with Crippen molar-refractivity contribution in [2.75, 3.05) is 11.9 Å². The summed E-state index contributed by atoms with van der Waals surface area (Å²) in [6.45, 7) is 1.86. The van der Waals surface area contributed by atoms with Crippen molar-refractivity contribution in [1.29, 1.82) is 0 Å². The number of rotatable bonds is 5. The molecule has 0 aliphatic carbocycles. The average Bonchev–Trinajstić information content (AvgIpc) is 3.30. The lowest BCUT2D eigenvalue weighted by atomic mass is 10.0. The molecule has 1 unspecified atom stereocenters. The lowest BCUT2D eigenvalue weighted by molar-refractivity contribution is 0.102. The molecule has 0 radical (unpaired) electrons. The molecule has 1 aliphatic heterocycles. The topological polar surface area (TPSA) is 84.7 Å². The second-order valence-electron chi connectivity index (χ2n) is 6.29. The van der Waals surface area contributed by atoms with Crippen LogP contribution in [0.15, 0.2) is 29.9 Å².